The number of carbonyl (C=O) groups is 2. The monoisotopic (exact) mass is 320 g/mol. The molecule has 0 amide bonds. The second kappa shape index (κ2) is 8.61. The zero-order chi connectivity index (χ0) is 18.4. The van der Waals surface area contributed by atoms with Gasteiger partial charge in [-0.2, -0.15) is 0 Å². The Morgan fingerprint density at radius 2 is 1.65 bits per heavy atom. The average molecular weight is 321 g/mol. The van der Waals surface area contributed by atoms with Crippen molar-refractivity contribution >= 4 is 11.6 Å². The second-order valence-electron chi connectivity index (χ2n) is 8.11. The van der Waals surface area contributed by atoms with Crippen molar-refractivity contribution < 1.29 is 9.59 Å². The molecule has 2 unspecified atom stereocenters. The zero-order valence-corrected chi connectivity index (χ0v) is 16.3. The lowest BCUT2D eigenvalue weighted by atomic mass is 9.63. The van der Waals surface area contributed by atoms with Crippen LogP contribution in [0.4, 0.5) is 0 Å². The molecule has 1 fully saturated rings. The Balaban J connectivity index is 0.000000423. The molecular formula is C21H36O2. The molecule has 0 aliphatic heterocycles. The highest BCUT2D eigenvalue weighted by molar-refractivity contribution is 6.07. The highest BCUT2D eigenvalue weighted by Crippen LogP contribution is 2.45. The Bertz CT molecular complexity index is 465. The van der Waals surface area contributed by atoms with E-state index in [2.05, 4.69) is 54.7 Å². The van der Waals surface area contributed by atoms with Crippen LogP contribution in [-0.2, 0) is 9.59 Å². The predicted octanol–water partition coefficient (Wildman–Crippen LogP) is 5.92. The van der Waals surface area contributed by atoms with Crippen molar-refractivity contribution in [1.82, 2.24) is 0 Å². The van der Waals surface area contributed by atoms with Crippen LogP contribution in [0.5, 0.6) is 0 Å². The van der Waals surface area contributed by atoms with E-state index in [1.165, 1.54) is 12.0 Å². The van der Waals surface area contributed by atoms with Gasteiger partial charge in [0.1, 0.15) is 11.6 Å². The predicted molar refractivity (Wildman–Crippen MR) is 99.5 cm³/mol. The molecule has 0 bridgehead atoms. The molecule has 2 atom stereocenters. The zero-order valence-electron chi connectivity index (χ0n) is 16.3. The average Bonchev–Trinajstić information content (AvgIpc) is 2.74. The molecule has 23 heavy (non-hydrogen) atoms. The van der Waals surface area contributed by atoms with Crippen molar-refractivity contribution in [2.75, 3.05) is 0 Å². The van der Waals surface area contributed by atoms with Gasteiger partial charge in [-0.1, -0.05) is 65.8 Å². The van der Waals surface area contributed by atoms with Crippen molar-refractivity contribution in [1.29, 1.82) is 0 Å². The van der Waals surface area contributed by atoms with Crippen LogP contribution >= 0.6 is 0 Å². The molecule has 0 aromatic rings. The lowest BCUT2D eigenvalue weighted by Crippen LogP contribution is -2.32. The summed E-state index contributed by atoms with van der Waals surface area (Å²) < 4.78 is 0. The Kier molecular flexibility index (Phi) is 8.17. The Morgan fingerprint density at radius 3 is 1.87 bits per heavy atom. The molecule has 0 spiro atoms. The molecule has 2 heteroatoms. The smallest absolute Gasteiger partial charge is 0.144 e. The van der Waals surface area contributed by atoms with E-state index >= 15 is 0 Å². The van der Waals surface area contributed by atoms with Gasteiger partial charge in [-0.3, -0.25) is 9.59 Å². The quantitative estimate of drug-likeness (QED) is 0.465. The van der Waals surface area contributed by atoms with Crippen LogP contribution in [0.1, 0.15) is 80.6 Å². The molecule has 0 radical (unpaired) electrons. The van der Waals surface area contributed by atoms with Gasteiger partial charge in [-0.25, -0.2) is 0 Å². The van der Waals surface area contributed by atoms with Gasteiger partial charge in [-0.15, -0.1) is 0 Å². The van der Waals surface area contributed by atoms with E-state index in [-0.39, 0.29) is 29.3 Å². The minimum absolute atomic E-state index is 0.0510. The van der Waals surface area contributed by atoms with E-state index in [0.717, 1.165) is 12.0 Å². The number of hydrogen-bond acceptors (Lipinski definition) is 2. The van der Waals surface area contributed by atoms with E-state index < -0.39 is 0 Å². The third-order valence-corrected chi connectivity index (χ3v) is 5.64. The van der Waals surface area contributed by atoms with Gasteiger partial charge in [0.2, 0.25) is 0 Å². The molecule has 0 N–H and O–H groups in total. The van der Waals surface area contributed by atoms with E-state index in [1.807, 2.05) is 6.92 Å². The summed E-state index contributed by atoms with van der Waals surface area (Å²) in [5, 5.41) is 0. The van der Waals surface area contributed by atoms with Crippen LogP contribution in [0.2, 0.25) is 0 Å². The van der Waals surface area contributed by atoms with E-state index in [9.17, 15) is 9.59 Å². The number of carbonyl (C=O) groups excluding carboxylic acids is 2. The standard InChI is InChI=1S/C11H22.C10H14O2/c1-8-11(7,9(2)3)10(4,5)6;1-3-7(2)4-8-5-9(11)6-10(8)12/h2,8H2,1,3-7H3;8H,2-6H2,1H3. The lowest BCUT2D eigenvalue weighted by Gasteiger charge is -2.42. The molecule has 1 rings (SSSR count). The van der Waals surface area contributed by atoms with Gasteiger partial charge in [-0.05, 0) is 37.0 Å². The van der Waals surface area contributed by atoms with Gasteiger partial charge >= 0.3 is 0 Å². The Hall–Kier alpha value is -1.18. The molecule has 1 aliphatic carbocycles. The van der Waals surface area contributed by atoms with Gasteiger partial charge in [0.05, 0.1) is 6.42 Å². The molecule has 0 aromatic carbocycles. The Morgan fingerprint density at radius 1 is 1.13 bits per heavy atom. The number of Topliss-reactive ketones (excluding diaryl/α,β-unsaturated/α-hetero) is 2. The second-order valence-corrected chi connectivity index (χ2v) is 8.11. The topological polar surface area (TPSA) is 34.1 Å². The van der Waals surface area contributed by atoms with E-state index in [4.69, 9.17) is 0 Å². The maximum Gasteiger partial charge on any atom is 0.144 e. The normalized spacial score (nSPS) is 20.6. The Labute approximate surface area is 143 Å². The number of allylic oxidation sites excluding steroid dienone is 2. The van der Waals surface area contributed by atoms with E-state index in [0.29, 0.717) is 18.3 Å². The van der Waals surface area contributed by atoms with Crippen molar-refractivity contribution in [3.63, 3.8) is 0 Å². The third kappa shape index (κ3) is 6.08. The summed E-state index contributed by atoms with van der Waals surface area (Å²) in [4.78, 5) is 22.1. The van der Waals surface area contributed by atoms with Crippen molar-refractivity contribution in [3.05, 3.63) is 24.3 Å². The summed E-state index contributed by atoms with van der Waals surface area (Å²) in [5.74, 6) is 0.147. The highest BCUT2D eigenvalue weighted by Gasteiger charge is 2.36. The number of hydrogen-bond donors (Lipinski definition) is 0. The lowest BCUT2D eigenvalue weighted by molar-refractivity contribution is -0.122. The van der Waals surface area contributed by atoms with Crippen LogP contribution in [0.15, 0.2) is 24.3 Å². The summed E-state index contributed by atoms with van der Waals surface area (Å²) in [5.41, 5.74) is 2.98. The molecule has 0 saturated heterocycles. The first-order valence-corrected chi connectivity index (χ1v) is 8.76. The largest absolute Gasteiger partial charge is 0.299 e. The number of ketones is 2. The molecule has 2 nitrogen and oxygen atoms in total. The molecule has 1 saturated carbocycles. The van der Waals surface area contributed by atoms with Crippen LogP contribution in [0, 0.1) is 16.7 Å². The van der Waals surface area contributed by atoms with Crippen molar-refractivity contribution in [3.8, 4) is 0 Å². The van der Waals surface area contributed by atoms with Gasteiger partial charge in [0.15, 0.2) is 0 Å². The SMILES string of the molecule is C=C(C)C(C)(CC)C(C)(C)C.C=C(CC)CC1CC(=O)CC1=O. The molecular weight excluding hydrogens is 284 g/mol. The highest BCUT2D eigenvalue weighted by atomic mass is 16.2. The molecule has 0 heterocycles. The molecule has 0 aromatic heterocycles. The van der Waals surface area contributed by atoms with Gasteiger partial charge in [0, 0.05) is 12.3 Å². The van der Waals surface area contributed by atoms with Crippen molar-refractivity contribution in [2.24, 2.45) is 16.7 Å². The van der Waals surface area contributed by atoms with E-state index in [1.54, 1.807) is 0 Å². The van der Waals surface area contributed by atoms with Gasteiger partial charge in [0.25, 0.3) is 0 Å². The fraction of sp³-hybridized carbons (Fsp3) is 0.714. The summed E-state index contributed by atoms with van der Waals surface area (Å²) in [6.07, 6.45) is 3.38. The summed E-state index contributed by atoms with van der Waals surface area (Å²) in [6, 6.07) is 0. The van der Waals surface area contributed by atoms with Crippen LogP contribution in [0.3, 0.4) is 0 Å². The minimum Gasteiger partial charge on any atom is -0.299 e. The maximum absolute atomic E-state index is 11.2. The summed E-state index contributed by atoms with van der Waals surface area (Å²) in [6.45, 7) is 23.4. The molecule has 1 aliphatic rings. The summed E-state index contributed by atoms with van der Waals surface area (Å²) in [7, 11) is 0. The fourth-order valence-corrected chi connectivity index (χ4v) is 2.95. The van der Waals surface area contributed by atoms with Crippen LogP contribution < -0.4 is 0 Å². The third-order valence-electron chi connectivity index (χ3n) is 5.64. The van der Waals surface area contributed by atoms with Crippen LogP contribution in [0.25, 0.3) is 0 Å². The minimum atomic E-state index is -0.0510. The van der Waals surface area contributed by atoms with Crippen LogP contribution in [-0.4, -0.2) is 11.6 Å². The molecule has 132 valence electrons. The first kappa shape index (κ1) is 21.8. The summed E-state index contributed by atoms with van der Waals surface area (Å²) >= 11 is 0. The van der Waals surface area contributed by atoms with Gasteiger partial charge < -0.3 is 0 Å². The number of rotatable bonds is 5. The maximum atomic E-state index is 11.2. The first-order chi connectivity index (χ1) is 10.4. The van der Waals surface area contributed by atoms with Crippen molar-refractivity contribution in [2.45, 2.75) is 80.6 Å². The fourth-order valence-electron chi connectivity index (χ4n) is 2.95. The first-order valence-electron chi connectivity index (χ1n) is 8.76.